The van der Waals surface area contributed by atoms with Crippen LogP contribution in [0.1, 0.15) is 0 Å². The topological polar surface area (TPSA) is 74.2 Å². The molecule has 2 heterocycles. The quantitative estimate of drug-likeness (QED) is 0.539. The summed E-state index contributed by atoms with van der Waals surface area (Å²) in [5.41, 5.74) is 1.45. The molecule has 0 aromatic heterocycles. The number of hydrogen-bond donors (Lipinski definition) is 0. The van der Waals surface area contributed by atoms with Crippen molar-refractivity contribution in [3.8, 4) is 0 Å². The Hall–Kier alpha value is -1.98. The summed E-state index contributed by atoms with van der Waals surface area (Å²) in [6.45, 7) is 0. The minimum atomic E-state index is 0.727. The first kappa shape index (κ1) is 5.64. The molecule has 2 aliphatic rings. The van der Waals surface area contributed by atoms with Crippen molar-refractivity contribution in [3.05, 3.63) is 22.8 Å². The fourth-order valence-electron chi connectivity index (χ4n) is 1.11. The fourth-order valence-corrected chi connectivity index (χ4v) is 1.11. The second kappa shape index (κ2) is 1.79. The predicted octanol–water partition coefficient (Wildman–Crippen LogP) is 0.950. The van der Waals surface area contributed by atoms with Crippen LogP contribution in [0.4, 0.5) is 11.4 Å². The van der Waals surface area contributed by atoms with Gasteiger partial charge in [0, 0.05) is 0 Å². The molecule has 6 heteroatoms. The molecule has 0 saturated carbocycles. The summed E-state index contributed by atoms with van der Waals surface area (Å²) in [6.07, 6.45) is 0. The summed E-state index contributed by atoms with van der Waals surface area (Å²) in [5.74, 6) is 0. The van der Waals surface area contributed by atoms with Gasteiger partial charge in [-0.05, 0) is 22.6 Å². The highest BCUT2D eigenvalue weighted by molar-refractivity contribution is 5.47. The van der Waals surface area contributed by atoms with Gasteiger partial charge in [0.15, 0.2) is 0 Å². The van der Waals surface area contributed by atoms with Crippen molar-refractivity contribution in [2.75, 3.05) is 0 Å². The van der Waals surface area contributed by atoms with Gasteiger partial charge in [-0.1, -0.05) is 0 Å². The minimum Gasteiger partial charge on any atom is -0.128 e. The van der Waals surface area contributed by atoms with Crippen molar-refractivity contribution in [2.24, 2.45) is 30.9 Å². The highest BCUT2D eigenvalue weighted by Crippen LogP contribution is 2.14. The summed E-state index contributed by atoms with van der Waals surface area (Å²) in [4.78, 5) is 0. The lowest BCUT2D eigenvalue weighted by molar-refractivity contribution is 1.07. The van der Waals surface area contributed by atoms with Gasteiger partial charge >= 0.3 is 0 Å². The molecule has 0 radical (unpaired) electrons. The molecule has 12 heavy (non-hydrogen) atoms. The Balaban J connectivity index is 2.50. The average Bonchev–Trinajstić information content (AvgIpc) is 2.64. The summed E-state index contributed by atoms with van der Waals surface area (Å²) in [6, 6.07) is 3.54. The highest BCUT2D eigenvalue weighted by atomic mass is 15.4. The Labute approximate surface area is 66.0 Å². The van der Waals surface area contributed by atoms with Gasteiger partial charge < -0.3 is 0 Å². The molecule has 6 nitrogen and oxygen atoms in total. The number of fused-ring (bicyclic) bond motifs is 2. The molecule has 0 atom stereocenters. The molecule has 0 unspecified atom stereocenters. The van der Waals surface area contributed by atoms with E-state index in [0.29, 0.717) is 0 Å². The Morgan fingerprint density at radius 1 is 0.750 bits per heavy atom. The molecule has 0 bridgehead atoms. The van der Waals surface area contributed by atoms with Crippen LogP contribution in [0.3, 0.4) is 0 Å². The smallest absolute Gasteiger partial charge is 0.117 e. The van der Waals surface area contributed by atoms with Crippen molar-refractivity contribution in [3.63, 3.8) is 0 Å². The third-order valence-electron chi connectivity index (χ3n) is 1.68. The van der Waals surface area contributed by atoms with Crippen LogP contribution >= 0.6 is 0 Å². The third kappa shape index (κ3) is 0.584. The highest BCUT2D eigenvalue weighted by Gasteiger charge is 2.08. The largest absolute Gasteiger partial charge is 0.128 e. The van der Waals surface area contributed by atoms with Crippen LogP contribution in [-0.2, 0) is 0 Å². The zero-order chi connectivity index (χ0) is 7.97. The van der Waals surface area contributed by atoms with Crippen LogP contribution < -0.4 is 10.7 Å². The van der Waals surface area contributed by atoms with E-state index in [9.17, 15) is 0 Å². The first-order valence-electron chi connectivity index (χ1n) is 3.35. The van der Waals surface area contributed by atoms with E-state index in [4.69, 9.17) is 0 Å². The SMILES string of the molecule is c1c2c(cc3c1=NN=N3)=NN=N2. The normalized spacial score (nSPS) is 15.3. The maximum absolute atomic E-state index is 3.79. The number of hydrogen-bond acceptors (Lipinski definition) is 6. The van der Waals surface area contributed by atoms with E-state index in [-0.39, 0.29) is 0 Å². The standard InChI is InChI=1S/C6H2N6/c1-3-5(9-11-7-3)2-6-4(1)8-12-10-6/h1-2H. The van der Waals surface area contributed by atoms with Gasteiger partial charge in [-0.2, -0.15) is 0 Å². The molecule has 1 aromatic carbocycles. The van der Waals surface area contributed by atoms with Crippen LogP contribution in [0, 0.1) is 0 Å². The van der Waals surface area contributed by atoms with Gasteiger partial charge in [0.05, 0.1) is 0 Å². The average molecular weight is 158 g/mol. The monoisotopic (exact) mass is 158 g/mol. The van der Waals surface area contributed by atoms with E-state index in [1.807, 2.05) is 0 Å². The van der Waals surface area contributed by atoms with E-state index in [2.05, 4.69) is 30.9 Å². The molecule has 2 aliphatic heterocycles. The van der Waals surface area contributed by atoms with Gasteiger partial charge in [-0.25, -0.2) is 0 Å². The van der Waals surface area contributed by atoms with E-state index in [1.54, 1.807) is 12.1 Å². The zero-order valence-corrected chi connectivity index (χ0v) is 5.84. The minimum absolute atomic E-state index is 0.727. The predicted molar refractivity (Wildman–Crippen MR) is 37.8 cm³/mol. The van der Waals surface area contributed by atoms with E-state index in [0.717, 1.165) is 22.1 Å². The summed E-state index contributed by atoms with van der Waals surface area (Å²) >= 11 is 0. The van der Waals surface area contributed by atoms with Crippen LogP contribution in [0.15, 0.2) is 43.0 Å². The summed E-state index contributed by atoms with van der Waals surface area (Å²) < 4.78 is 0. The number of benzene rings is 1. The van der Waals surface area contributed by atoms with Gasteiger partial charge in [-0.15, -0.1) is 20.4 Å². The van der Waals surface area contributed by atoms with Crippen molar-refractivity contribution in [1.82, 2.24) is 0 Å². The van der Waals surface area contributed by atoms with E-state index >= 15 is 0 Å². The first-order chi connectivity index (χ1) is 5.93. The molecular weight excluding hydrogens is 156 g/mol. The lowest BCUT2D eigenvalue weighted by Crippen LogP contribution is -2.06. The van der Waals surface area contributed by atoms with Crippen LogP contribution in [-0.4, -0.2) is 0 Å². The summed E-state index contributed by atoms with van der Waals surface area (Å²) in [5, 5.41) is 23.7. The molecule has 56 valence electrons. The molecule has 3 rings (SSSR count). The van der Waals surface area contributed by atoms with Gasteiger partial charge in [0.1, 0.15) is 22.1 Å². The molecule has 0 N–H and O–H groups in total. The second-order valence-corrected chi connectivity index (χ2v) is 2.41. The fraction of sp³-hybridized carbons (Fsp3) is 0. The number of rotatable bonds is 0. The van der Waals surface area contributed by atoms with E-state index in [1.165, 1.54) is 0 Å². The van der Waals surface area contributed by atoms with Crippen molar-refractivity contribution >= 4 is 11.4 Å². The Morgan fingerprint density at radius 2 is 1.25 bits per heavy atom. The van der Waals surface area contributed by atoms with Crippen molar-refractivity contribution in [2.45, 2.75) is 0 Å². The van der Waals surface area contributed by atoms with Gasteiger partial charge in [-0.3, -0.25) is 0 Å². The van der Waals surface area contributed by atoms with Crippen molar-refractivity contribution in [1.29, 1.82) is 0 Å². The number of nitrogens with zero attached hydrogens (tertiary/aromatic N) is 6. The van der Waals surface area contributed by atoms with Crippen LogP contribution in [0.2, 0.25) is 0 Å². The lowest BCUT2D eigenvalue weighted by Gasteiger charge is -1.86. The third-order valence-corrected chi connectivity index (χ3v) is 1.68. The van der Waals surface area contributed by atoms with Crippen LogP contribution in [0.5, 0.6) is 0 Å². The van der Waals surface area contributed by atoms with E-state index < -0.39 is 0 Å². The second-order valence-electron chi connectivity index (χ2n) is 2.41. The molecule has 1 aromatic rings. The maximum Gasteiger partial charge on any atom is 0.117 e. The van der Waals surface area contributed by atoms with Gasteiger partial charge in [0.25, 0.3) is 0 Å². The van der Waals surface area contributed by atoms with Gasteiger partial charge in [0.2, 0.25) is 0 Å². The molecule has 0 spiro atoms. The molecular formula is C6H2N6. The summed E-state index contributed by atoms with van der Waals surface area (Å²) in [7, 11) is 0. The maximum atomic E-state index is 3.79. The lowest BCUT2D eigenvalue weighted by atomic mass is 10.2. The molecule has 0 aliphatic carbocycles. The van der Waals surface area contributed by atoms with Crippen molar-refractivity contribution < 1.29 is 0 Å². The van der Waals surface area contributed by atoms with Crippen LogP contribution in [0.25, 0.3) is 0 Å². The zero-order valence-electron chi connectivity index (χ0n) is 5.84. The molecule has 0 amide bonds. The molecule has 0 fully saturated rings. The Kier molecular flexibility index (Phi) is 0.840. The molecule has 0 saturated heterocycles. The Bertz CT molecular complexity index is 476. The first-order valence-corrected chi connectivity index (χ1v) is 3.35. The Morgan fingerprint density at radius 3 is 1.75 bits per heavy atom.